The second-order valence-electron chi connectivity index (χ2n) is 13.5. The van der Waals surface area contributed by atoms with E-state index in [1.54, 1.807) is 29.6 Å². The molecule has 0 aromatic carbocycles. The lowest BCUT2D eigenvalue weighted by atomic mass is 9.68. The van der Waals surface area contributed by atoms with E-state index in [2.05, 4.69) is 44.8 Å². The number of nitrogens with zero attached hydrogens (tertiary/aromatic N) is 5. The van der Waals surface area contributed by atoms with Crippen molar-refractivity contribution in [3.8, 4) is 0 Å². The Morgan fingerprint density at radius 3 is 2.47 bits per heavy atom. The first-order valence-electron chi connectivity index (χ1n) is 14.7. The second kappa shape index (κ2) is 13.5. The smallest absolute Gasteiger partial charge is 0.409 e. The summed E-state index contributed by atoms with van der Waals surface area (Å²) in [5.74, 6) is 1.07. The lowest BCUT2D eigenvalue weighted by Crippen LogP contribution is -2.62. The maximum Gasteiger partial charge on any atom is 0.409 e. The molecule has 11 nitrogen and oxygen atoms in total. The van der Waals surface area contributed by atoms with Gasteiger partial charge in [-0.3, -0.25) is 0 Å². The maximum absolute atomic E-state index is 13.0. The lowest BCUT2D eigenvalue weighted by molar-refractivity contribution is 0.0123. The van der Waals surface area contributed by atoms with Gasteiger partial charge < -0.3 is 30.3 Å². The zero-order valence-corrected chi connectivity index (χ0v) is 28.6. The number of nitrogen functional groups attached to an aromatic ring is 1. The van der Waals surface area contributed by atoms with Gasteiger partial charge in [-0.2, -0.15) is 0 Å². The minimum absolute atomic E-state index is 0.177. The molecule has 2 saturated heterocycles. The van der Waals surface area contributed by atoms with Gasteiger partial charge in [0.25, 0.3) is 0 Å². The van der Waals surface area contributed by atoms with Crippen molar-refractivity contribution >= 4 is 55.3 Å². The average molecular weight is 650 g/mol. The van der Waals surface area contributed by atoms with Crippen molar-refractivity contribution in [3.05, 3.63) is 29.7 Å². The number of rotatable bonds is 7. The van der Waals surface area contributed by atoms with Gasteiger partial charge in [-0.25, -0.2) is 24.5 Å². The van der Waals surface area contributed by atoms with Crippen molar-refractivity contribution in [2.75, 3.05) is 43.4 Å². The Morgan fingerprint density at radius 1 is 1.14 bits per heavy atom. The molecule has 0 aliphatic carbocycles. The molecule has 1 unspecified atom stereocenters. The van der Waals surface area contributed by atoms with Crippen LogP contribution in [0.25, 0.3) is 0 Å². The Balaban J connectivity index is 1.41. The van der Waals surface area contributed by atoms with Crippen LogP contribution in [0, 0.1) is 5.41 Å². The van der Waals surface area contributed by atoms with E-state index in [1.165, 1.54) is 11.8 Å². The van der Waals surface area contributed by atoms with Crippen molar-refractivity contribution in [1.82, 2.24) is 25.2 Å². The van der Waals surface area contributed by atoms with Gasteiger partial charge in [0, 0.05) is 45.3 Å². The quantitative estimate of drug-likeness (QED) is 0.348. The molecule has 0 radical (unpaired) electrons. The van der Waals surface area contributed by atoms with E-state index in [1.807, 2.05) is 20.8 Å². The second-order valence-corrected chi connectivity index (χ2v) is 20.6. The largest absolute Gasteiger partial charge is 0.450 e. The number of piperidine rings is 2. The van der Waals surface area contributed by atoms with Crippen LogP contribution in [0.1, 0.15) is 40.0 Å². The van der Waals surface area contributed by atoms with Crippen LogP contribution in [0.5, 0.6) is 0 Å². The minimum Gasteiger partial charge on any atom is -0.450 e. The molecular weight excluding hydrogens is 606 g/mol. The van der Waals surface area contributed by atoms with Gasteiger partial charge in [0.15, 0.2) is 0 Å². The summed E-state index contributed by atoms with van der Waals surface area (Å²) in [6, 6.07) is 2.45. The molecule has 4 rings (SSSR count). The Bertz CT molecular complexity index is 1280. The van der Waals surface area contributed by atoms with Crippen molar-refractivity contribution in [2.24, 2.45) is 5.41 Å². The summed E-state index contributed by atoms with van der Waals surface area (Å²) in [6.45, 7) is 15.2. The molecule has 1 atom stereocenters. The standard InChI is InChI=1S/C29H44ClN7O4SSi/c1-28(2,3)41-26(38)35-21-19-37(27(39)40-15-16-43(4,5)6)14-10-29(21)8-12-36(13-9-29)22-17-34-23(18-33-22)42-20-7-11-32-25(31)24(20)30/h7,11,17-18,21H,8-10,12-16,19H2,1-6H3,(H2,31,32)(H,35,38). The number of nitrogens with one attached hydrogen (secondary N) is 1. The van der Waals surface area contributed by atoms with Gasteiger partial charge in [0.1, 0.15) is 22.3 Å². The first kappa shape index (κ1) is 33.1. The van der Waals surface area contributed by atoms with E-state index in [0.717, 1.165) is 49.1 Å². The molecule has 2 fully saturated rings. The van der Waals surface area contributed by atoms with Crippen LogP contribution in [0.4, 0.5) is 21.2 Å². The number of ether oxygens (including phenoxy) is 2. The maximum atomic E-state index is 13.0. The summed E-state index contributed by atoms with van der Waals surface area (Å²) in [4.78, 5) is 43.8. The van der Waals surface area contributed by atoms with E-state index in [0.29, 0.717) is 29.7 Å². The number of nitrogens with two attached hydrogens (primary N) is 1. The van der Waals surface area contributed by atoms with Crippen LogP contribution in [-0.4, -0.2) is 84.5 Å². The highest BCUT2D eigenvalue weighted by molar-refractivity contribution is 7.99. The number of likely N-dealkylation sites (tertiary alicyclic amines) is 1. The van der Waals surface area contributed by atoms with E-state index in [9.17, 15) is 9.59 Å². The molecule has 236 valence electrons. The zero-order chi connectivity index (χ0) is 31.4. The van der Waals surface area contributed by atoms with E-state index in [-0.39, 0.29) is 23.4 Å². The van der Waals surface area contributed by atoms with Crippen LogP contribution in [0.3, 0.4) is 0 Å². The van der Waals surface area contributed by atoms with Crippen LogP contribution >= 0.6 is 23.4 Å². The molecule has 2 aromatic heterocycles. The highest BCUT2D eigenvalue weighted by atomic mass is 35.5. The van der Waals surface area contributed by atoms with Gasteiger partial charge in [-0.1, -0.05) is 43.0 Å². The summed E-state index contributed by atoms with van der Waals surface area (Å²) in [5, 5.41) is 4.22. The third-order valence-corrected chi connectivity index (χ3v) is 11.0. The van der Waals surface area contributed by atoms with Crippen LogP contribution in [0.15, 0.2) is 34.6 Å². The molecule has 2 aromatic rings. The van der Waals surface area contributed by atoms with Crippen molar-refractivity contribution in [3.63, 3.8) is 0 Å². The van der Waals surface area contributed by atoms with Gasteiger partial charge in [0.2, 0.25) is 0 Å². The number of hydrogen-bond donors (Lipinski definition) is 2. The summed E-state index contributed by atoms with van der Waals surface area (Å²) in [6.07, 6.45) is 6.76. The molecule has 0 bridgehead atoms. The number of carbonyl (C=O) groups is 2. The fourth-order valence-corrected chi connectivity index (χ4v) is 7.03. The number of pyridine rings is 1. The highest BCUT2D eigenvalue weighted by Gasteiger charge is 2.47. The number of hydrogen-bond acceptors (Lipinski definition) is 10. The topological polar surface area (TPSA) is 136 Å². The Labute approximate surface area is 264 Å². The summed E-state index contributed by atoms with van der Waals surface area (Å²) in [7, 11) is -1.32. The Morgan fingerprint density at radius 2 is 1.84 bits per heavy atom. The third-order valence-electron chi connectivity index (χ3n) is 7.84. The fourth-order valence-electron chi connectivity index (χ4n) is 5.33. The molecule has 0 saturated carbocycles. The Hall–Kier alpha value is -2.77. The number of anilines is 2. The molecule has 3 N–H and O–H groups in total. The van der Waals surface area contributed by atoms with E-state index in [4.69, 9.17) is 26.8 Å². The number of carbonyl (C=O) groups excluding carboxylic acids is 2. The molecule has 2 aliphatic heterocycles. The van der Waals surface area contributed by atoms with Crippen molar-refractivity contribution < 1.29 is 19.1 Å². The predicted molar refractivity (Wildman–Crippen MR) is 173 cm³/mol. The van der Waals surface area contributed by atoms with Crippen LogP contribution < -0.4 is 16.0 Å². The minimum atomic E-state index is -1.32. The van der Waals surface area contributed by atoms with Gasteiger partial charge >= 0.3 is 12.2 Å². The molecule has 4 heterocycles. The number of amides is 2. The first-order valence-corrected chi connectivity index (χ1v) is 19.6. The first-order chi connectivity index (χ1) is 20.1. The molecule has 43 heavy (non-hydrogen) atoms. The molecule has 1 spiro atoms. The van der Waals surface area contributed by atoms with E-state index >= 15 is 0 Å². The van der Waals surface area contributed by atoms with Gasteiger partial charge in [-0.05, 0) is 57.6 Å². The molecule has 14 heteroatoms. The highest BCUT2D eigenvalue weighted by Crippen LogP contribution is 2.43. The Kier molecular flexibility index (Phi) is 10.4. The summed E-state index contributed by atoms with van der Waals surface area (Å²) >= 11 is 7.66. The third kappa shape index (κ3) is 9.12. The van der Waals surface area contributed by atoms with Crippen LogP contribution in [-0.2, 0) is 9.47 Å². The monoisotopic (exact) mass is 649 g/mol. The van der Waals surface area contributed by atoms with E-state index < -0.39 is 19.8 Å². The average Bonchev–Trinajstić information content (AvgIpc) is 2.92. The lowest BCUT2D eigenvalue weighted by Gasteiger charge is -2.51. The zero-order valence-electron chi connectivity index (χ0n) is 26.0. The number of halogens is 1. The molecular formula is C29H44ClN7O4SSi. The van der Waals surface area contributed by atoms with Crippen molar-refractivity contribution in [1.29, 1.82) is 0 Å². The fraction of sp³-hybridized carbons (Fsp3) is 0.621. The number of aromatic nitrogens is 3. The van der Waals surface area contributed by atoms with Crippen LogP contribution in [0.2, 0.25) is 30.7 Å². The predicted octanol–water partition coefficient (Wildman–Crippen LogP) is 5.92. The SMILES string of the molecule is CC(C)(C)OC(=O)NC1CN(C(=O)OCC[Si](C)(C)C)CCC12CCN(c1cnc(Sc3ccnc(N)c3Cl)cn1)CC2. The molecule has 2 amide bonds. The van der Waals surface area contributed by atoms with Gasteiger partial charge in [0.05, 0.1) is 30.1 Å². The van der Waals surface area contributed by atoms with Crippen molar-refractivity contribution in [2.45, 2.75) is 87.3 Å². The summed E-state index contributed by atoms with van der Waals surface area (Å²) in [5.41, 5.74) is 5.02. The van der Waals surface area contributed by atoms with Gasteiger partial charge in [-0.15, -0.1) is 0 Å². The number of alkyl carbamates (subject to hydrolysis) is 1. The summed E-state index contributed by atoms with van der Waals surface area (Å²) < 4.78 is 11.2. The molecule has 2 aliphatic rings. The normalized spacial score (nSPS) is 18.8.